The summed E-state index contributed by atoms with van der Waals surface area (Å²) >= 11 is 0. The van der Waals surface area contributed by atoms with Crippen molar-refractivity contribution < 1.29 is 0 Å². The summed E-state index contributed by atoms with van der Waals surface area (Å²) in [6.45, 7) is 2.14. The van der Waals surface area contributed by atoms with Crippen LogP contribution in [0, 0.1) is 24.7 Å². The van der Waals surface area contributed by atoms with Gasteiger partial charge >= 0.3 is 0 Å². The molecular weight excluding hydrogens is 210 g/mol. The number of rotatable bonds is 1. The molecule has 3 heteroatoms. The summed E-state index contributed by atoms with van der Waals surface area (Å²) in [5, 5.41) is 0. The van der Waals surface area contributed by atoms with E-state index in [4.69, 9.17) is 5.73 Å². The maximum Gasteiger partial charge on any atom is 0.197 e. The first-order chi connectivity index (χ1) is 8.14. The van der Waals surface area contributed by atoms with E-state index in [9.17, 15) is 0 Å². The van der Waals surface area contributed by atoms with Crippen molar-refractivity contribution in [3.63, 3.8) is 0 Å². The second-order valence-corrected chi connectivity index (χ2v) is 6.79. The van der Waals surface area contributed by atoms with Crippen molar-refractivity contribution in [3.05, 3.63) is 11.4 Å². The van der Waals surface area contributed by atoms with E-state index in [1.54, 1.807) is 0 Å². The highest BCUT2D eigenvalue weighted by Gasteiger charge is 2.53. The predicted octanol–water partition coefficient (Wildman–Crippen LogP) is 2.77. The Bertz CT molecular complexity index is 425. The van der Waals surface area contributed by atoms with Gasteiger partial charge in [-0.25, -0.2) is 4.98 Å². The fraction of sp³-hybridized carbons (Fsp3) is 0.786. The van der Waals surface area contributed by atoms with E-state index < -0.39 is 0 Å². The predicted molar refractivity (Wildman–Crippen MR) is 67.6 cm³/mol. The van der Waals surface area contributed by atoms with Gasteiger partial charge in [0.2, 0.25) is 0 Å². The van der Waals surface area contributed by atoms with Gasteiger partial charge in [-0.2, -0.15) is 0 Å². The smallest absolute Gasteiger partial charge is 0.197 e. The minimum absolute atomic E-state index is 0.382. The fourth-order valence-corrected chi connectivity index (χ4v) is 5.40. The molecule has 0 amide bonds. The lowest BCUT2D eigenvalue weighted by molar-refractivity contribution is -0.00728. The zero-order chi connectivity index (χ0) is 11.6. The molecule has 4 saturated carbocycles. The van der Waals surface area contributed by atoms with Gasteiger partial charge in [0.1, 0.15) is 0 Å². The maximum absolute atomic E-state index is 5.83. The highest BCUT2D eigenvalue weighted by atomic mass is 15.0. The van der Waals surface area contributed by atoms with Crippen molar-refractivity contribution in [1.82, 2.24) is 9.97 Å². The Kier molecular flexibility index (Phi) is 1.80. The molecule has 0 aliphatic heterocycles. The topological polar surface area (TPSA) is 54.7 Å². The normalized spacial score (nSPS) is 43.2. The van der Waals surface area contributed by atoms with Crippen LogP contribution in [0.1, 0.15) is 49.9 Å². The van der Waals surface area contributed by atoms with E-state index in [-0.39, 0.29) is 0 Å². The zero-order valence-corrected chi connectivity index (χ0v) is 10.5. The molecule has 0 radical (unpaired) electrons. The van der Waals surface area contributed by atoms with Gasteiger partial charge in [-0.3, -0.25) is 0 Å². The van der Waals surface area contributed by atoms with E-state index >= 15 is 0 Å². The molecule has 4 bridgehead atoms. The molecule has 0 saturated heterocycles. The van der Waals surface area contributed by atoms with Gasteiger partial charge in [0, 0.05) is 11.1 Å². The number of nitrogens with one attached hydrogen (secondary N) is 1. The van der Waals surface area contributed by atoms with Crippen molar-refractivity contribution in [2.24, 2.45) is 17.8 Å². The van der Waals surface area contributed by atoms with Gasteiger partial charge < -0.3 is 10.7 Å². The number of imidazole rings is 1. The molecule has 4 fully saturated rings. The second kappa shape index (κ2) is 3.06. The third-order valence-electron chi connectivity index (χ3n) is 5.44. The molecule has 4 aliphatic carbocycles. The molecule has 0 aromatic carbocycles. The van der Waals surface area contributed by atoms with Crippen LogP contribution in [0.25, 0.3) is 0 Å². The average molecular weight is 231 g/mol. The lowest BCUT2D eigenvalue weighted by Crippen LogP contribution is -2.49. The number of nitrogens with zero attached hydrogens (tertiary/aromatic N) is 1. The summed E-state index contributed by atoms with van der Waals surface area (Å²) in [6, 6.07) is 0. The van der Waals surface area contributed by atoms with Gasteiger partial charge in [-0.15, -0.1) is 0 Å². The number of nitrogen functional groups attached to an aromatic ring is 1. The van der Waals surface area contributed by atoms with Gasteiger partial charge in [-0.05, 0) is 63.2 Å². The number of H-pyrrole nitrogens is 1. The third kappa shape index (κ3) is 1.31. The molecule has 4 aliphatic rings. The number of aryl methyl sites for hydroxylation is 1. The Morgan fingerprint density at radius 3 is 2.06 bits per heavy atom. The molecule has 5 rings (SSSR count). The number of hydrogen-bond donors (Lipinski definition) is 2. The zero-order valence-electron chi connectivity index (χ0n) is 10.5. The minimum atomic E-state index is 0.382. The van der Waals surface area contributed by atoms with Crippen molar-refractivity contribution in [3.8, 4) is 0 Å². The van der Waals surface area contributed by atoms with Crippen LogP contribution in [0.4, 0.5) is 5.95 Å². The number of aromatic nitrogens is 2. The van der Waals surface area contributed by atoms with Gasteiger partial charge in [0.25, 0.3) is 0 Å². The molecule has 1 heterocycles. The number of aromatic amines is 1. The lowest BCUT2D eigenvalue weighted by atomic mass is 9.48. The van der Waals surface area contributed by atoms with Crippen LogP contribution in [0.5, 0.6) is 0 Å². The number of nitrogens with two attached hydrogens (primary N) is 1. The third-order valence-corrected chi connectivity index (χ3v) is 5.44. The first-order valence-electron chi connectivity index (χ1n) is 6.97. The van der Waals surface area contributed by atoms with E-state index in [2.05, 4.69) is 16.9 Å². The van der Waals surface area contributed by atoms with Crippen LogP contribution in [0.15, 0.2) is 0 Å². The van der Waals surface area contributed by atoms with Crippen LogP contribution in [-0.4, -0.2) is 9.97 Å². The van der Waals surface area contributed by atoms with E-state index in [0.717, 1.165) is 17.8 Å². The van der Waals surface area contributed by atoms with E-state index in [0.29, 0.717) is 11.4 Å². The Hall–Kier alpha value is -0.990. The Labute approximate surface area is 102 Å². The SMILES string of the molecule is Cc1[nH]c(N)nc1C12CC3CC(CC(C3)C1)C2. The second-order valence-electron chi connectivity index (χ2n) is 6.79. The molecule has 0 unspecified atom stereocenters. The molecule has 17 heavy (non-hydrogen) atoms. The van der Waals surface area contributed by atoms with Crippen molar-refractivity contribution in [1.29, 1.82) is 0 Å². The summed E-state index contributed by atoms with van der Waals surface area (Å²) < 4.78 is 0. The summed E-state index contributed by atoms with van der Waals surface area (Å²) in [4.78, 5) is 7.82. The Morgan fingerprint density at radius 2 is 1.65 bits per heavy atom. The van der Waals surface area contributed by atoms with Gasteiger partial charge in [0.05, 0.1) is 5.69 Å². The summed E-state index contributed by atoms with van der Waals surface area (Å²) in [5.74, 6) is 3.52. The molecule has 0 spiro atoms. The minimum Gasteiger partial charge on any atom is -0.369 e. The lowest BCUT2D eigenvalue weighted by Gasteiger charge is -2.56. The van der Waals surface area contributed by atoms with Crippen LogP contribution < -0.4 is 5.73 Å². The molecule has 3 N–H and O–H groups in total. The fourth-order valence-electron chi connectivity index (χ4n) is 5.40. The first kappa shape index (κ1) is 9.98. The monoisotopic (exact) mass is 231 g/mol. The molecule has 3 nitrogen and oxygen atoms in total. The summed E-state index contributed by atoms with van der Waals surface area (Å²) in [6.07, 6.45) is 8.55. The van der Waals surface area contributed by atoms with Crippen LogP contribution in [0.2, 0.25) is 0 Å². The highest BCUT2D eigenvalue weighted by Crippen LogP contribution is 2.60. The van der Waals surface area contributed by atoms with E-state index in [1.165, 1.54) is 49.9 Å². The van der Waals surface area contributed by atoms with Crippen molar-refractivity contribution >= 4 is 5.95 Å². The summed E-state index contributed by atoms with van der Waals surface area (Å²) in [5.41, 5.74) is 8.73. The van der Waals surface area contributed by atoms with E-state index in [1.807, 2.05) is 0 Å². The average Bonchev–Trinajstić information content (AvgIpc) is 2.56. The molecule has 1 aromatic heterocycles. The van der Waals surface area contributed by atoms with Crippen LogP contribution in [-0.2, 0) is 5.41 Å². The van der Waals surface area contributed by atoms with Crippen LogP contribution >= 0.6 is 0 Å². The van der Waals surface area contributed by atoms with Crippen LogP contribution in [0.3, 0.4) is 0 Å². The van der Waals surface area contributed by atoms with Gasteiger partial charge in [-0.1, -0.05) is 0 Å². The van der Waals surface area contributed by atoms with Crippen molar-refractivity contribution in [2.45, 2.75) is 50.9 Å². The van der Waals surface area contributed by atoms with Crippen molar-refractivity contribution in [2.75, 3.05) is 5.73 Å². The quantitative estimate of drug-likeness (QED) is 0.781. The molecule has 1 aromatic rings. The molecule has 92 valence electrons. The summed E-state index contributed by atoms with van der Waals surface area (Å²) in [7, 11) is 0. The first-order valence-corrected chi connectivity index (χ1v) is 6.97. The highest BCUT2D eigenvalue weighted by molar-refractivity contribution is 5.33. The molecular formula is C14H21N3. The Balaban J connectivity index is 1.79. The molecule has 0 atom stereocenters. The largest absolute Gasteiger partial charge is 0.369 e. The number of hydrogen-bond acceptors (Lipinski definition) is 2. The number of anilines is 1. The standard InChI is InChI=1S/C14H21N3/c1-8-12(17-13(15)16-8)14-5-9-2-10(6-14)4-11(3-9)7-14/h9-11H,2-7H2,1H3,(H3,15,16,17). The Morgan fingerprint density at radius 1 is 1.12 bits per heavy atom. The maximum atomic E-state index is 5.83. The van der Waals surface area contributed by atoms with Gasteiger partial charge in [0.15, 0.2) is 5.95 Å².